The predicted molar refractivity (Wildman–Crippen MR) is 194 cm³/mol. The molecular formula is C41H46F6N4O3. The van der Waals surface area contributed by atoms with Gasteiger partial charge in [-0.25, -0.2) is 0 Å². The molecule has 1 aromatic heterocycles. The monoisotopic (exact) mass is 756 g/mol. The van der Waals surface area contributed by atoms with E-state index in [1.807, 2.05) is 6.20 Å². The van der Waals surface area contributed by atoms with Gasteiger partial charge < -0.3 is 19.8 Å². The van der Waals surface area contributed by atoms with Crippen LogP contribution in [0.4, 0.5) is 26.3 Å². The first-order valence-corrected chi connectivity index (χ1v) is 18.8. The molecule has 1 saturated carbocycles. The maximum atomic E-state index is 13.1. The number of aromatic nitrogens is 1. The Kier molecular flexibility index (Phi) is 10.8. The molecule has 0 spiro atoms. The molecule has 54 heavy (non-hydrogen) atoms. The van der Waals surface area contributed by atoms with E-state index in [0.717, 1.165) is 91.2 Å². The molecule has 2 saturated heterocycles. The maximum Gasteiger partial charge on any atom is 0.573 e. The molecule has 2 N–H and O–H groups in total. The molecule has 7 rings (SSSR count). The Morgan fingerprint density at radius 1 is 0.852 bits per heavy atom. The first-order chi connectivity index (χ1) is 25.6. The van der Waals surface area contributed by atoms with E-state index in [4.69, 9.17) is 5.73 Å². The summed E-state index contributed by atoms with van der Waals surface area (Å²) in [7, 11) is 0. The quantitative estimate of drug-likeness (QED) is 0.108. The van der Waals surface area contributed by atoms with Crippen LogP contribution in [0.5, 0.6) is 11.5 Å². The van der Waals surface area contributed by atoms with Crippen LogP contribution in [0.1, 0.15) is 74.5 Å². The zero-order valence-corrected chi connectivity index (χ0v) is 30.3. The third-order valence-electron chi connectivity index (χ3n) is 11.5. The van der Waals surface area contributed by atoms with Crippen LogP contribution in [0, 0.1) is 6.92 Å². The fraction of sp³-hybridized carbons (Fsp3) is 0.488. The average Bonchev–Trinajstić information content (AvgIpc) is 3.80. The second kappa shape index (κ2) is 15.2. The van der Waals surface area contributed by atoms with Gasteiger partial charge in [0.05, 0.1) is 5.54 Å². The van der Waals surface area contributed by atoms with Crippen LogP contribution < -0.4 is 15.2 Å². The number of carbonyl (C=O) groups is 1. The van der Waals surface area contributed by atoms with Gasteiger partial charge in [0.25, 0.3) is 0 Å². The van der Waals surface area contributed by atoms with E-state index in [0.29, 0.717) is 38.0 Å². The van der Waals surface area contributed by atoms with Crippen LogP contribution in [0.2, 0.25) is 0 Å². The molecular weight excluding hydrogens is 710 g/mol. The number of aryl methyl sites for hydroxylation is 2. The number of hydrogen-bond donors (Lipinski definition) is 1. The van der Waals surface area contributed by atoms with Crippen molar-refractivity contribution in [1.82, 2.24) is 14.4 Å². The zero-order chi connectivity index (χ0) is 38.3. The fourth-order valence-corrected chi connectivity index (χ4v) is 8.73. The summed E-state index contributed by atoms with van der Waals surface area (Å²) in [6.45, 7) is 5.04. The van der Waals surface area contributed by atoms with Gasteiger partial charge in [-0.2, -0.15) is 0 Å². The molecule has 3 aromatic carbocycles. The third kappa shape index (κ3) is 8.74. The van der Waals surface area contributed by atoms with Gasteiger partial charge in [0.2, 0.25) is 0 Å². The standard InChI is InChI=1S/C41H46F6N4O3/c1-27-8-7-9-37(54-41(45,46)47)34(27)25-51-24-30-21-31(51)23-50(30)22-28-11-16-36-33(20-28)35(29-12-14-32(15-13-29)53-40(42,43)44)26-49(36)19-6-3-10-38(52)39(48)17-4-2-5-18-39/h7-9,11-16,20,26,30-31H,2-6,10,17-19,21-25,48H2,1H3. The minimum Gasteiger partial charge on any atom is -0.406 e. The van der Waals surface area contributed by atoms with Crippen molar-refractivity contribution < 1.29 is 40.6 Å². The molecule has 2 bridgehead atoms. The van der Waals surface area contributed by atoms with Crippen LogP contribution in [0.15, 0.2) is 66.9 Å². The SMILES string of the molecule is Cc1cccc(OC(F)(F)F)c1CN1CC2CC1CN2Cc1ccc2c(c1)c(-c1ccc(OC(F)(F)F)cc1)cn2CCCCC(=O)C1(N)CCCCC1. The lowest BCUT2D eigenvalue weighted by atomic mass is 9.78. The van der Waals surface area contributed by atoms with Crippen molar-refractivity contribution in [2.45, 2.75) is 115 Å². The van der Waals surface area contributed by atoms with E-state index in [1.165, 1.54) is 18.2 Å². The molecule has 0 radical (unpaired) electrons. The molecule has 3 aliphatic rings. The van der Waals surface area contributed by atoms with Gasteiger partial charge >= 0.3 is 12.7 Å². The smallest absolute Gasteiger partial charge is 0.406 e. The predicted octanol–water partition coefficient (Wildman–Crippen LogP) is 9.27. The van der Waals surface area contributed by atoms with Crippen LogP contribution >= 0.6 is 0 Å². The number of alkyl halides is 6. The highest BCUT2D eigenvalue weighted by atomic mass is 19.4. The summed E-state index contributed by atoms with van der Waals surface area (Å²) < 4.78 is 88.6. The van der Waals surface area contributed by atoms with E-state index in [1.54, 1.807) is 31.2 Å². The number of hydrogen-bond acceptors (Lipinski definition) is 6. The van der Waals surface area contributed by atoms with E-state index in [-0.39, 0.29) is 29.4 Å². The van der Waals surface area contributed by atoms with E-state index < -0.39 is 18.3 Å². The lowest BCUT2D eigenvalue weighted by Gasteiger charge is -2.34. The number of piperazine rings is 1. The van der Waals surface area contributed by atoms with Gasteiger partial charge in [0, 0.05) is 79.5 Å². The number of benzene rings is 3. The maximum absolute atomic E-state index is 13.1. The van der Waals surface area contributed by atoms with Crippen molar-refractivity contribution >= 4 is 16.7 Å². The molecule has 2 unspecified atom stereocenters. The minimum absolute atomic E-state index is 0.139. The van der Waals surface area contributed by atoms with Gasteiger partial charge in [0.1, 0.15) is 11.5 Å². The van der Waals surface area contributed by atoms with Crippen LogP contribution in [-0.4, -0.2) is 63.6 Å². The van der Waals surface area contributed by atoms with Crippen molar-refractivity contribution in [3.63, 3.8) is 0 Å². The van der Waals surface area contributed by atoms with Gasteiger partial charge in [-0.05, 0) is 86.1 Å². The Labute approximate surface area is 311 Å². The number of halogens is 6. The summed E-state index contributed by atoms with van der Waals surface area (Å²) in [5.74, 6) is -0.307. The first-order valence-electron chi connectivity index (χ1n) is 18.8. The largest absolute Gasteiger partial charge is 0.573 e. The molecule has 2 atom stereocenters. The molecule has 4 aromatic rings. The summed E-state index contributed by atoms with van der Waals surface area (Å²) in [6.07, 6.45) is -0.0867. The number of ketones is 1. The summed E-state index contributed by atoms with van der Waals surface area (Å²) in [6, 6.07) is 17.4. The second-order valence-corrected chi connectivity index (χ2v) is 15.3. The molecule has 3 fully saturated rings. The summed E-state index contributed by atoms with van der Waals surface area (Å²) in [5, 5.41) is 0.971. The minimum atomic E-state index is -4.79. The molecule has 13 heteroatoms. The Morgan fingerprint density at radius 2 is 1.54 bits per heavy atom. The Morgan fingerprint density at radius 3 is 2.20 bits per heavy atom. The molecule has 3 heterocycles. The lowest BCUT2D eigenvalue weighted by Crippen LogP contribution is -2.49. The number of fused-ring (bicyclic) bond motifs is 3. The first kappa shape index (κ1) is 38.2. The van der Waals surface area contributed by atoms with Gasteiger partial charge in [0.15, 0.2) is 5.78 Å². The number of likely N-dealkylation sites (tertiary alicyclic amines) is 2. The van der Waals surface area contributed by atoms with Gasteiger partial charge in [-0.15, -0.1) is 26.3 Å². The number of carbonyl (C=O) groups excluding carboxylic acids is 1. The van der Waals surface area contributed by atoms with Gasteiger partial charge in [-0.1, -0.05) is 49.6 Å². The lowest BCUT2D eigenvalue weighted by molar-refractivity contribution is -0.275. The van der Waals surface area contributed by atoms with Crippen molar-refractivity contribution in [3.8, 4) is 22.6 Å². The summed E-state index contributed by atoms with van der Waals surface area (Å²) in [5.41, 5.74) is 10.8. The summed E-state index contributed by atoms with van der Waals surface area (Å²) >= 11 is 0. The highest BCUT2D eigenvalue weighted by Crippen LogP contribution is 2.38. The number of Topliss-reactive ketones (excluding diaryl/α,β-unsaturated/α-hetero) is 1. The van der Waals surface area contributed by atoms with E-state index in [9.17, 15) is 31.1 Å². The molecule has 2 aliphatic heterocycles. The van der Waals surface area contributed by atoms with E-state index >= 15 is 0 Å². The average molecular weight is 757 g/mol. The fourth-order valence-electron chi connectivity index (χ4n) is 8.73. The van der Waals surface area contributed by atoms with Crippen LogP contribution in [0.25, 0.3) is 22.0 Å². The number of nitrogens with zero attached hydrogens (tertiary/aromatic N) is 3. The van der Waals surface area contributed by atoms with Crippen molar-refractivity contribution in [2.24, 2.45) is 5.73 Å². The molecule has 290 valence electrons. The van der Waals surface area contributed by atoms with Crippen molar-refractivity contribution in [2.75, 3.05) is 13.1 Å². The highest BCUT2D eigenvalue weighted by molar-refractivity contribution is 5.96. The van der Waals surface area contributed by atoms with Gasteiger partial charge in [-0.3, -0.25) is 14.6 Å². The highest BCUT2D eigenvalue weighted by Gasteiger charge is 2.43. The third-order valence-corrected chi connectivity index (χ3v) is 11.5. The molecule has 7 nitrogen and oxygen atoms in total. The number of nitrogens with two attached hydrogens (primary N) is 1. The molecule has 1 aliphatic carbocycles. The number of rotatable bonds is 13. The van der Waals surface area contributed by atoms with Crippen molar-refractivity contribution in [3.05, 3.63) is 83.6 Å². The normalized spacial score (nSPS) is 20.5. The van der Waals surface area contributed by atoms with E-state index in [2.05, 4.69) is 42.0 Å². The second-order valence-electron chi connectivity index (χ2n) is 15.3. The Bertz CT molecular complexity index is 1950. The number of ether oxygens (including phenoxy) is 2. The van der Waals surface area contributed by atoms with Crippen LogP contribution in [-0.2, 0) is 24.4 Å². The topological polar surface area (TPSA) is 73.0 Å². The summed E-state index contributed by atoms with van der Waals surface area (Å²) in [4.78, 5) is 17.6. The van der Waals surface area contributed by atoms with Crippen molar-refractivity contribution in [1.29, 1.82) is 0 Å². The molecule has 0 amide bonds. The zero-order valence-electron chi connectivity index (χ0n) is 30.3. The Balaban J connectivity index is 1.06. The number of unbranched alkanes of at least 4 members (excludes halogenated alkanes) is 1. The Hall–Kier alpha value is -4.07. The van der Waals surface area contributed by atoms with Crippen LogP contribution in [0.3, 0.4) is 0 Å².